The summed E-state index contributed by atoms with van der Waals surface area (Å²) in [5.41, 5.74) is 4.23. The maximum Gasteiger partial charge on any atom is 0.255 e. The van der Waals surface area contributed by atoms with Crippen LogP contribution in [0.3, 0.4) is 0 Å². The van der Waals surface area contributed by atoms with E-state index in [1.807, 2.05) is 25.1 Å². The molecule has 37 heavy (non-hydrogen) atoms. The van der Waals surface area contributed by atoms with Crippen LogP contribution < -0.4 is 10.6 Å². The van der Waals surface area contributed by atoms with Gasteiger partial charge in [-0.25, -0.2) is 4.98 Å². The number of likely N-dealkylation sites (N-methyl/N-ethyl adjacent to an activating group) is 1. The van der Waals surface area contributed by atoms with Crippen LogP contribution in [-0.2, 0) is 20.8 Å². The van der Waals surface area contributed by atoms with Gasteiger partial charge in [0.15, 0.2) is 11.4 Å². The number of aliphatic hydroxyl groups excluding tert-OH is 2. The number of ketones is 2. The molecule has 5 N–H and O–H groups in total. The first-order chi connectivity index (χ1) is 17.4. The Morgan fingerprint density at radius 3 is 2.46 bits per heavy atom. The lowest BCUT2D eigenvalue weighted by atomic mass is 9.57. The molecule has 0 radical (unpaired) electrons. The number of carbonyl (C=O) groups is 3. The molecule has 0 unspecified atom stereocenters. The summed E-state index contributed by atoms with van der Waals surface area (Å²) in [6, 6.07) is 2.51. The molecule has 3 aliphatic carbocycles. The zero-order valence-electron chi connectivity index (χ0n) is 20.8. The Morgan fingerprint density at radius 1 is 1.19 bits per heavy atom. The standard InChI is InChI=1S/C26H28N4O7/c1-29(2)15-6-5-12(25-28-7-8-37-25)17-13(15)9-11-10-14-19(30(3)4)21(32)18(24(27)35)23(34)26(14,36)22(33)16(11)20(17)31/h5-8,11,14,19,31,34,36H,9-10H2,1-4H3,(H2,27,35)/t11-,14-,19-,26-/m0/s1. The van der Waals surface area contributed by atoms with Crippen molar-refractivity contribution in [3.63, 3.8) is 0 Å². The molecule has 1 saturated carbocycles. The lowest BCUT2D eigenvalue weighted by Gasteiger charge is -2.50. The highest BCUT2D eigenvalue weighted by Crippen LogP contribution is 2.53. The van der Waals surface area contributed by atoms with Gasteiger partial charge in [0.1, 0.15) is 23.4 Å². The Hall–Kier alpha value is -3.96. The first kappa shape index (κ1) is 24.7. The number of fused-ring (bicyclic) bond motifs is 3. The molecule has 0 saturated heterocycles. The number of oxazole rings is 1. The second-order valence-electron chi connectivity index (χ2n) is 10.2. The van der Waals surface area contributed by atoms with E-state index in [4.69, 9.17) is 10.2 Å². The minimum Gasteiger partial charge on any atom is -0.508 e. The molecule has 1 aromatic carbocycles. The van der Waals surface area contributed by atoms with Gasteiger partial charge in [-0.1, -0.05) is 0 Å². The van der Waals surface area contributed by atoms with Crippen molar-refractivity contribution in [3.8, 4) is 11.5 Å². The Morgan fingerprint density at radius 2 is 1.89 bits per heavy atom. The number of Topliss-reactive ketones (excluding diaryl/α,β-unsaturated/α-hetero) is 2. The zero-order chi connectivity index (χ0) is 27.0. The summed E-state index contributed by atoms with van der Waals surface area (Å²) in [7, 11) is 6.88. The first-order valence-corrected chi connectivity index (χ1v) is 11.8. The Bertz CT molecular complexity index is 1410. The fraction of sp³-hybridized carbons (Fsp3) is 0.385. The number of anilines is 1. The van der Waals surface area contributed by atoms with Crippen molar-refractivity contribution in [1.29, 1.82) is 0 Å². The molecule has 2 aromatic rings. The average Bonchev–Trinajstić information content (AvgIpc) is 3.35. The number of hydrogen-bond acceptors (Lipinski definition) is 10. The monoisotopic (exact) mass is 508 g/mol. The van der Waals surface area contributed by atoms with Gasteiger partial charge in [-0.3, -0.25) is 19.3 Å². The summed E-state index contributed by atoms with van der Waals surface area (Å²) in [4.78, 5) is 46.9. The normalized spacial score (nSPS) is 27.2. The third-order valence-corrected chi connectivity index (χ3v) is 7.75. The predicted molar refractivity (Wildman–Crippen MR) is 132 cm³/mol. The third-order valence-electron chi connectivity index (χ3n) is 7.75. The molecular formula is C26H28N4O7. The van der Waals surface area contributed by atoms with Crippen molar-refractivity contribution in [3.05, 3.63) is 52.6 Å². The molecule has 194 valence electrons. The van der Waals surface area contributed by atoms with E-state index >= 15 is 0 Å². The smallest absolute Gasteiger partial charge is 0.255 e. The van der Waals surface area contributed by atoms with Gasteiger partial charge in [0.2, 0.25) is 11.7 Å². The van der Waals surface area contributed by atoms with E-state index in [1.165, 1.54) is 17.4 Å². The van der Waals surface area contributed by atoms with Gasteiger partial charge >= 0.3 is 0 Å². The molecule has 1 amide bonds. The van der Waals surface area contributed by atoms with E-state index < -0.39 is 52.3 Å². The number of rotatable bonds is 4. The number of nitrogens with zero attached hydrogens (tertiary/aromatic N) is 3. The molecule has 1 aromatic heterocycles. The largest absolute Gasteiger partial charge is 0.508 e. The van der Waals surface area contributed by atoms with Crippen molar-refractivity contribution < 1.29 is 34.1 Å². The van der Waals surface area contributed by atoms with Gasteiger partial charge in [-0.2, -0.15) is 0 Å². The topological polar surface area (TPSA) is 170 Å². The number of hydrogen-bond donors (Lipinski definition) is 4. The highest BCUT2D eigenvalue weighted by atomic mass is 16.4. The molecule has 11 heteroatoms. The highest BCUT2D eigenvalue weighted by molar-refractivity contribution is 6.24. The molecule has 0 aliphatic heterocycles. The van der Waals surface area contributed by atoms with E-state index in [0.717, 1.165) is 11.3 Å². The second-order valence-corrected chi connectivity index (χ2v) is 10.2. The number of amides is 1. The summed E-state index contributed by atoms with van der Waals surface area (Å²) in [5.74, 6) is -5.82. The molecule has 4 atom stereocenters. The molecule has 5 rings (SSSR count). The van der Waals surface area contributed by atoms with Gasteiger partial charge in [-0.15, -0.1) is 0 Å². The highest BCUT2D eigenvalue weighted by Gasteiger charge is 2.64. The van der Waals surface area contributed by atoms with Gasteiger partial charge in [-0.05, 0) is 50.6 Å². The Balaban J connectivity index is 1.78. The summed E-state index contributed by atoms with van der Waals surface area (Å²) in [6.45, 7) is 0. The lowest BCUT2D eigenvalue weighted by molar-refractivity contribution is -0.153. The SMILES string of the molecule is CN(C)c1ccc(-c2ncco2)c2c1C[C@H]1C[C@H]3[C@H](N(C)C)C(=O)C(C(N)=O)=C(O)[C@@]3(O)C(=O)C1=C2O. The van der Waals surface area contributed by atoms with E-state index in [-0.39, 0.29) is 23.6 Å². The van der Waals surface area contributed by atoms with Crippen LogP contribution in [0.2, 0.25) is 0 Å². The summed E-state index contributed by atoms with van der Waals surface area (Å²) >= 11 is 0. The van der Waals surface area contributed by atoms with E-state index in [9.17, 15) is 29.7 Å². The zero-order valence-corrected chi connectivity index (χ0v) is 20.8. The van der Waals surface area contributed by atoms with Crippen LogP contribution in [0, 0.1) is 11.8 Å². The maximum atomic E-state index is 14.0. The molecule has 1 fully saturated rings. The average molecular weight is 509 g/mol. The summed E-state index contributed by atoms with van der Waals surface area (Å²) in [5, 5.41) is 34.3. The van der Waals surface area contributed by atoms with Crippen molar-refractivity contribution >= 4 is 28.9 Å². The van der Waals surface area contributed by atoms with E-state index in [0.29, 0.717) is 17.5 Å². The molecule has 0 spiro atoms. The molecular weight excluding hydrogens is 480 g/mol. The van der Waals surface area contributed by atoms with Gasteiger partial charge < -0.3 is 30.4 Å². The van der Waals surface area contributed by atoms with Crippen LogP contribution in [0.15, 0.2) is 45.9 Å². The van der Waals surface area contributed by atoms with E-state index in [2.05, 4.69) is 4.98 Å². The van der Waals surface area contributed by atoms with Crippen molar-refractivity contribution in [1.82, 2.24) is 9.88 Å². The summed E-state index contributed by atoms with van der Waals surface area (Å²) < 4.78 is 5.48. The van der Waals surface area contributed by atoms with Crippen LogP contribution in [0.1, 0.15) is 17.5 Å². The number of nitrogens with two attached hydrogens (primary N) is 1. The minimum atomic E-state index is -2.62. The second kappa shape index (κ2) is 8.29. The number of primary amides is 1. The third kappa shape index (κ3) is 3.27. The Kier molecular flexibility index (Phi) is 5.54. The molecule has 0 bridgehead atoms. The fourth-order valence-corrected chi connectivity index (χ4v) is 6.20. The maximum absolute atomic E-state index is 14.0. The van der Waals surface area contributed by atoms with Crippen LogP contribution >= 0.6 is 0 Å². The quantitative estimate of drug-likeness (QED) is 0.437. The van der Waals surface area contributed by atoms with E-state index in [1.54, 1.807) is 20.2 Å². The van der Waals surface area contributed by atoms with Crippen LogP contribution in [0.25, 0.3) is 17.2 Å². The van der Waals surface area contributed by atoms with Crippen molar-refractivity contribution in [2.24, 2.45) is 17.6 Å². The Labute approximate surface area is 212 Å². The van der Waals surface area contributed by atoms with Crippen LogP contribution in [0.4, 0.5) is 5.69 Å². The fourth-order valence-electron chi connectivity index (χ4n) is 6.20. The molecule has 11 nitrogen and oxygen atoms in total. The molecule has 3 aliphatic rings. The minimum absolute atomic E-state index is 0.0852. The van der Waals surface area contributed by atoms with Crippen LogP contribution in [0.5, 0.6) is 0 Å². The lowest BCUT2D eigenvalue weighted by Crippen LogP contribution is -2.65. The van der Waals surface area contributed by atoms with Crippen molar-refractivity contribution in [2.45, 2.75) is 24.5 Å². The van der Waals surface area contributed by atoms with Gasteiger partial charge in [0.25, 0.3) is 5.91 Å². The number of carbonyl (C=O) groups excluding carboxylic acids is 3. The van der Waals surface area contributed by atoms with Crippen molar-refractivity contribution in [2.75, 3.05) is 33.1 Å². The van der Waals surface area contributed by atoms with Crippen LogP contribution in [-0.4, -0.2) is 82.5 Å². The number of aliphatic hydroxyl groups is 3. The van der Waals surface area contributed by atoms with Gasteiger partial charge in [0, 0.05) is 42.4 Å². The number of aromatic nitrogens is 1. The summed E-state index contributed by atoms with van der Waals surface area (Å²) in [6.07, 6.45) is 3.26. The molecule has 1 heterocycles. The number of benzene rings is 1. The first-order valence-electron chi connectivity index (χ1n) is 11.8. The predicted octanol–water partition coefficient (Wildman–Crippen LogP) is 0.979. The van der Waals surface area contributed by atoms with Gasteiger partial charge in [0.05, 0.1) is 12.2 Å².